The predicted molar refractivity (Wildman–Crippen MR) is 170 cm³/mol. The summed E-state index contributed by atoms with van der Waals surface area (Å²) >= 11 is 0. The summed E-state index contributed by atoms with van der Waals surface area (Å²) < 4.78 is 8.46. The molecule has 6 aromatic rings. The molecule has 0 saturated heterocycles. The van der Waals surface area contributed by atoms with Crippen LogP contribution in [0.25, 0.3) is 27.6 Å². The van der Waals surface area contributed by atoms with Crippen molar-refractivity contribution in [2.75, 3.05) is 16.8 Å². The maximum Gasteiger partial charge on any atom is 0.135 e. The minimum atomic E-state index is 0. The molecule has 0 fully saturated rings. The Labute approximate surface area is 267 Å². The molecule has 0 radical (unpaired) electrons. The molecule has 43 heavy (non-hydrogen) atoms. The zero-order valence-electron chi connectivity index (χ0n) is 25.0. The van der Waals surface area contributed by atoms with Gasteiger partial charge < -0.3 is 19.1 Å². The number of ether oxygens (including phenoxy) is 1. The Bertz CT molecular complexity index is 1990. The van der Waals surface area contributed by atoms with Crippen LogP contribution in [0.5, 0.6) is 11.6 Å². The van der Waals surface area contributed by atoms with Crippen molar-refractivity contribution < 1.29 is 25.8 Å². The van der Waals surface area contributed by atoms with Gasteiger partial charge in [-0.05, 0) is 84.9 Å². The van der Waals surface area contributed by atoms with Gasteiger partial charge in [-0.2, -0.15) is 30.6 Å². The quantitative estimate of drug-likeness (QED) is 0.169. The van der Waals surface area contributed by atoms with Gasteiger partial charge in [-0.3, -0.25) is 4.98 Å². The molecule has 7 heteroatoms. The van der Waals surface area contributed by atoms with E-state index in [4.69, 9.17) is 9.72 Å². The summed E-state index contributed by atoms with van der Waals surface area (Å²) in [6, 6.07) is 29.9. The van der Waals surface area contributed by atoms with E-state index in [9.17, 15) is 0 Å². The molecule has 4 heterocycles. The number of hydrogen-bond acceptors (Lipinski definition) is 5. The third-order valence-corrected chi connectivity index (χ3v) is 8.04. The van der Waals surface area contributed by atoms with Crippen LogP contribution in [0.4, 0.5) is 17.1 Å². The van der Waals surface area contributed by atoms with Gasteiger partial charge in [-0.25, -0.2) is 4.98 Å². The fraction of sp³-hybridized carbons (Fsp3) is 0.194. The minimum Gasteiger partial charge on any atom is -0.504 e. The molecular formula is C36H32N5OPt-3. The van der Waals surface area contributed by atoms with E-state index in [-0.39, 0.29) is 26.5 Å². The van der Waals surface area contributed by atoms with Gasteiger partial charge in [0.1, 0.15) is 11.7 Å². The van der Waals surface area contributed by atoms with Crippen molar-refractivity contribution in [3.63, 3.8) is 0 Å². The number of rotatable bonds is 4. The van der Waals surface area contributed by atoms with Gasteiger partial charge in [0.25, 0.3) is 0 Å². The van der Waals surface area contributed by atoms with Gasteiger partial charge in [-0.1, -0.05) is 44.5 Å². The fourth-order valence-electron chi connectivity index (χ4n) is 5.59. The van der Waals surface area contributed by atoms with E-state index >= 15 is 0 Å². The molecule has 6 nitrogen and oxygen atoms in total. The van der Waals surface area contributed by atoms with Crippen LogP contribution in [-0.4, -0.2) is 21.6 Å². The van der Waals surface area contributed by atoms with Gasteiger partial charge >= 0.3 is 0 Å². The first-order valence-corrected chi connectivity index (χ1v) is 14.1. The number of fused-ring (bicyclic) bond motifs is 4. The van der Waals surface area contributed by atoms with Gasteiger partial charge in [0.15, 0.2) is 0 Å². The molecule has 3 aromatic heterocycles. The summed E-state index contributed by atoms with van der Waals surface area (Å²) in [5, 5.41) is 2.23. The number of aryl methyl sites for hydroxylation is 2. The molecule has 0 N–H and O–H groups in total. The Morgan fingerprint density at radius 1 is 0.814 bits per heavy atom. The van der Waals surface area contributed by atoms with Crippen LogP contribution in [0.2, 0.25) is 0 Å². The molecule has 0 atom stereocenters. The minimum absolute atomic E-state index is 0. The summed E-state index contributed by atoms with van der Waals surface area (Å²) in [6.45, 7) is 13.0. The van der Waals surface area contributed by atoms with Crippen LogP contribution in [-0.2, 0) is 26.5 Å². The molecule has 0 saturated carbocycles. The molecule has 0 aliphatic carbocycles. The molecule has 1 aliphatic rings. The van der Waals surface area contributed by atoms with Crippen LogP contribution in [0.3, 0.4) is 0 Å². The average Bonchev–Trinajstić information content (AvgIpc) is 3.47. The van der Waals surface area contributed by atoms with Crippen molar-refractivity contribution in [2.45, 2.75) is 40.0 Å². The van der Waals surface area contributed by atoms with Gasteiger partial charge in [0.2, 0.25) is 0 Å². The number of pyridine rings is 2. The van der Waals surface area contributed by atoms with Crippen LogP contribution >= 0.6 is 0 Å². The van der Waals surface area contributed by atoms with Crippen LogP contribution in [0.1, 0.15) is 37.5 Å². The number of para-hydroxylation sites is 1. The first kappa shape index (κ1) is 28.9. The molecule has 0 spiro atoms. The van der Waals surface area contributed by atoms with E-state index in [1.54, 1.807) is 6.20 Å². The summed E-state index contributed by atoms with van der Waals surface area (Å²) in [5.41, 5.74) is 8.82. The second-order valence-corrected chi connectivity index (χ2v) is 12.0. The maximum atomic E-state index is 6.30. The molecule has 0 unspecified atom stereocenters. The van der Waals surface area contributed by atoms with Gasteiger partial charge in [0.05, 0.1) is 0 Å². The average molecular weight is 746 g/mol. The van der Waals surface area contributed by atoms with E-state index in [1.165, 1.54) is 16.7 Å². The topological polar surface area (TPSA) is 46.4 Å². The summed E-state index contributed by atoms with van der Waals surface area (Å²) in [7, 11) is 2.06. The molecule has 220 valence electrons. The SMILES string of the molecule is Cc1cc2c(cc1C)N(c1[c-]c(Oc3[c-]c4c(cc3)c3ccccc3n4-c3cc(C(C)(C)C)ccn3)ncc1)[CH-]N2C.[Pt]. The predicted octanol–water partition coefficient (Wildman–Crippen LogP) is 8.59. The second-order valence-electron chi connectivity index (χ2n) is 12.0. The standard InChI is InChI=1S/C36H32N5O.Pt/c1-23-17-32-33(18-24(23)2)40(22-39(32)6)26-14-16-38-35(20-26)42-27-11-12-29-28-9-7-8-10-30(28)41(31(29)21-27)34-19-25(13-15-37-34)36(3,4)5;/h7-19,22H,1-6H3;/q-3;. The third-order valence-electron chi connectivity index (χ3n) is 8.04. The van der Waals surface area contributed by atoms with Crippen molar-refractivity contribution in [2.24, 2.45) is 0 Å². The molecule has 3 aromatic carbocycles. The Morgan fingerprint density at radius 2 is 1.56 bits per heavy atom. The van der Waals surface area contributed by atoms with E-state index in [0.717, 1.165) is 44.7 Å². The van der Waals surface area contributed by atoms with Crippen LogP contribution in [0.15, 0.2) is 79.1 Å². The monoisotopic (exact) mass is 745 g/mol. The van der Waals surface area contributed by atoms with Crippen molar-refractivity contribution in [1.29, 1.82) is 0 Å². The molecule has 1 aliphatic heterocycles. The second kappa shape index (κ2) is 10.8. The van der Waals surface area contributed by atoms with Gasteiger partial charge in [-0.15, -0.1) is 17.5 Å². The van der Waals surface area contributed by atoms with E-state index < -0.39 is 0 Å². The van der Waals surface area contributed by atoms with Gasteiger partial charge in [0, 0.05) is 49.9 Å². The van der Waals surface area contributed by atoms with Crippen LogP contribution in [0, 0.1) is 32.6 Å². The third kappa shape index (κ3) is 5.08. The normalized spacial score (nSPS) is 13.0. The number of aromatic nitrogens is 3. The number of anilines is 3. The largest absolute Gasteiger partial charge is 0.504 e. The fourth-order valence-corrected chi connectivity index (χ4v) is 5.59. The first-order valence-electron chi connectivity index (χ1n) is 14.1. The number of benzene rings is 3. The molecule has 0 amide bonds. The number of hydrogen-bond donors (Lipinski definition) is 0. The zero-order valence-corrected chi connectivity index (χ0v) is 27.3. The molecule has 0 bridgehead atoms. The Morgan fingerprint density at radius 3 is 2.35 bits per heavy atom. The molecule has 7 rings (SSSR count). The Hall–Kier alpha value is -4.15. The van der Waals surface area contributed by atoms with E-state index in [2.05, 4.69) is 134 Å². The summed E-state index contributed by atoms with van der Waals surface area (Å²) in [4.78, 5) is 13.5. The van der Waals surface area contributed by atoms with Crippen molar-refractivity contribution >= 4 is 38.9 Å². The summed E-state index contributed by atoms with van der Waals surface area (Å²) in [5.74, 6) is 1.80. The summed E-state index contributed by atoms with van der Waals surface area (Å²) in [6.07, 6.45) is 3.64. The van der Waals surface area contributed by atoms with E-state index in [1.807, 2.05) is 18.3 Å². The van der Waals surface area contributed by atoms with E-state index in [0.29, 0.717) is 11.6 Å². The maximum absolute atomic E-state index is 6.30. The Balaban J connectivity index is 0.00000329. The van der Waals surface area contributed by atoms with Crippen molar-refractivity contribution in [3.05, 3.63) is 115 Å². The van der Waals surface area contributed by atoms with Crippen molar-refractivity contribution in [1.82, 2.24) is 14.5 Å². The number of nitrogens with zero attached hydrogens (tertiary/aromatic N) is 5. The molecular weight excluding hydrogens is 714 g/mol. The van der Waals surface area contributed by atoms with Crippen molar-refractivity contribution in [3.8, 4) is 17.4 Å². The smallest absolute Gasteiger partial charge is 0.135 e. The Kier molecular flexibility index (Phi) is 7.30. The van der Waals surface area contributed by atoms with Crippen LogP contribution < -0.4 is 14.5 Å². The first-order chi connectivity index (χ1) is 20.2. The zero-order chi connectivity index (χ0) is 29.2.